The minimum atomic E-state index is 0.544. The second kappa shape index (κ2) is 9.92. The van der Waals surface area contributed by atoms with Crippen molar-refractivity contribution in [2.75, 3.05) is 0 Å². The van der Waals surface area contributed by atoms with Crippen LogP contribution in [0.2, 0.25) is 20.1 Å². The molecule has 2 aromatic rings. The fourth-order valence-corrected chi connectivity index (χ4v) is 3.79. The molecule has 1 nitrogen and oxygen atoms in total. The van der Waals surface area contributed by atoms with Crippen molar-refractivity contribution in [3.8, 4) is 11.5 Å². The zero-order valence-corrected chi connectivity index (χ0v) is 17.5. The van der Waals surface area contributed by atoms with Crippen LogP contribution in [0.5, 0.6) is 11.5 Å². The first-order chi connectivity index (χ1) is 12.0. The van der Waals surface area contributed by atoms with E-state index in [4.69, 9.17) is 51.1 Å². The van der Waals surface area contributed by atoms with E-state index in [1.54, 1.807) is 12.1 Å². The molecule has 0 aliphatic heterocycles. The Hall–Kier alpha value is -0.600. The van der Waals surface area contributed by atoms with Crippen LogP contribution in [0.4, 0.5) is 0 Å². The van der Waals surface area contributed by atoms with Crippen LogP contribution >= 0.6 is 46.4 Å². The highest BCUT2D eigenvalue weighted by Crippen LogP contribution is 2.41. The molecule has 0 aliphatic rings. The number of hydrogen-bond acceptors (Lipinski definition) is 1. The summed E-state index contributed by atoms with van der Waals surface area (Å²) in [5, 5.41) is 2.41. The van der Waals surface area contributed by atoms with E-state index >= 15 is 0 Å². The van der Waals surface area contributed by atoms with E-state index in [1.807, 2.05) is 12.1 Å². The summed E-state index contributed by atoms with van der Waals surface area (Å²) in [4.78, 5) is 0. The minimum Gasteiger partial charge on any atom is -0.454 e. The average molecular weight is 420 g/mol. The first-order valence-corrected chi connectivity index (χ1v) is 10.1. The van der Waals surface area contributed by atoms with Crippen LogP contribution in [0.15, 0.2) is 24.3 Å². The Kier molecular flexibility index (Phi) is 8.22. The Balaban J connectivity index is 2.33. The zero-order valence-electron chi connectivity index (χ0n) is 14.5. The largest absolute Gasteiger partial charge is 0.454 e. The van der Waals surface area contributed by atoms with Crippen molar-refractivity contribution in [1.29, 1.82) is 0 Å². The Labute approximate surface area is 170 Å². The lowest BCUT2D eigenvalue weighted by molar-refractivity contribution is 0.481. The molecule has 0 spiro atoms. The fourth-order valence-electron chi connectivity index (χ4n) is 2.59. The van der Waals surface area contributed by atoms with Crippen LogP contribution < -0.4 is 4.74 Å². The Morgan fingerprint density at radius 2 is 1.08 bits per heavy atom. The summed E-state index contributed by atoms with van der Waals surface area (Å²) in [6.45, 7) is 4.26. The fraction of sp³-hybridized carbons (Fsp3) is 0.400. The van der Waals surface area contributed by atoms with Gasteiger partial charge in [0.25, 0.3) is 0 Å². The van der Waals surface area contributed by atoms with Crippen molar-refractivity contribution in [1.82, 2.24) is 0 Å². The van der Waals surface area contributed by atoms with Crippen molar-refractivity contribution in [2.45, 2.75) is 52.4 Å². The van der Waals surface area contributed by atoms with Crippen LogP contribution in [-0.2, 0) is 12.8 Å². The molecule has 25 heavy (non-hydrogen) atoms. The van der Waals surface area contributed by atoms with Gasteiger partial charge in [0, 0.05) is 10.0 Å². The minimum absolute atomic E-state index is 0.544. The van der Waals surface area contributed by atoms with E-state index in [2.05, 4.69) is 13.8 Å². The lowest BCUT2D eigenvalue weighted by Gasteiger charge is -2.15. The topological polar surface area (TPSA) is 9.23 Å². The number of ether oxygens (including phenoxy) is 1. The molecule has 0 saturated carbocycles. The summed E-state index contributed by atoms with van der Waals surface area (Å²) >= 11 is 25.6. The van der Waals surface area contributed by atoms with Gasteiger partial charge in [-0.25, -0.2) is 0 Å². The third-order valence-electron chi connectivity index (χ3n) is 4.08. The highest BCUT2D eigenvalue weighted by atomic mass is 35.5. The summed E-state index contributed by atoms with van der Waals surface area (Å²) in [6, 6.07) is 7.18. The first-order valence-electron chi connectivity index (χ1n) is 8.61. The maximum absolute atomic E-state index is 6.53. The van der Waals surface area contributed by atoms with Crippen LogP contribution in [0.1, 0.15) is 50.7 Å². The highest BCUT2D eigenvalue weighted by Gasteiger charge is 2.16. The Morgan fingerprint density at radius 1 is 0.680 bits per heavy atom. The molecule has 5 heteroatoms. The van der Waals surface area contributed by atoms with Crippen molar-refractivity contribution in [2.24, 2.45) is 0 Å². The van der Waals surface area contributed by atoms with Gasteiger partial charge in [-0.15, -0.1) is 0 Å². The number of rotatable bonds is 8. The Morgan fingerprint density at radius 3 is 1.44 bits per heavy atom. The molecule has 0 aliphatic carbocycles. The molecule has 0 unspecified atom stereocenters. The van der Waals surface area contributed by atoms with Gasteiger partial charge < -0.3 is 4.74 Å². The smallest absolute Gasteiger partial charge is 0.146 e. The molecule has 0 bridgehead atoms. The normalized spacial score (nSPS) is 11.0. The van der Waals surface area contributed by atoms with Gasteiger partial charge in [0.2, 0.25) is 0 Å². The summed E-state index contributed by atoms with van der Waals surface area (Å²) < 4.78 is 6.01. The highest BCUT2D eigenvalue weighted by molar-refractivity contribution is 6.37. The van der Waals surface area contributed by atoms with E-state index in [9.17, 15) is 0 Å². The van der Waals surface area contributed by atoms with Crippen LogP contribution in [-0.4, -0.2) is 0 Å². The molecule has 0 aromatic heterocycles. The number of hydrogen-bond donors (Lipinski definition) is 0. The molecule has 0 fully saturated rings. The van der Waals surface area contributed by atoms with E-state index in [1.165, 1.54) is 0 Å². The van der Waals surface area contributed by atoms with Crippen molar-refractivity contribution in [3.63, 3.8) is 0 Å². The van der Waals surface area contributed by atoms with Gasteiger partial charge in [-0.2, -0.15) is 0 Å². The standard InChI is InChI=1S/C20H22Cl4O/c1-3-5-7-13-15(21)9-11-17(19(13)23)25-18-12-10-16(22)14(20(18)24)8-6-4-2/h9-12H,3-8H2,1-2H3. The van der Waals surface area contributed by atoms with E-state index in [0.29, 0.717) is 31.6 Å². The van der Waals surface area contributed by atoms with Gasteiger partial charge in [-0.1, -0.05) is 73.1 Å². The van der Waals surface area contributed by atoms with Gasteiger partial charge in [-0.05, 0) is 61.1 Å². The summed E-state index contributed by atoms with van der Waals surface area (Å²) in [7, 11) is 0. The SMILES string of the molecule is CCCCc1c(Cl)ccc(Oc2ccc(Cl)c(CCCC)c2Cl)c1Cl. The second-order valence-corrected chi connectivity index (χ2v) is 7.56. The summed E-state index contributed by atoms with van der Waals surface area (Å²) in [6.07, 6.45) is 5.82. The van der Waals surface area contributed by atoms with Crippen LogP contribution in [0, 0.1) is 0 Å². The lowest BCUT2D eigenvalue weighted by atomic mass is 10.1. The average Bonchev–Trinajstić information content (AvgIpc) is 2.59. The second-order valence-electron chi connectivity index (χ2n) is 5.99. The van der Waals surface area contributed by atoms with Gasteiger partial charge in [0.1, 0.15) is 11.5 Å². The summed E-state index contributed by atoms with van der Waals surface area (Å²) in [5.41, 5.74) is 1.83. The predicted octanol–water partition coefficient (Wildman–Crippen LogP) is 8.78. The molecule has 0 saturated heterocycles. The molecule has 0 heterocycles. The molecule has 0 atom stereocenters. The molecule has 0 N–H and O–H groups in total. The Bertz CT molecular complexity index is 667. The summed E-state index contributed by atoms with van der Waals surface area (Å²) in [5.74, 6) is 1.12. The number of halogens is 4. The first kappa shape index (κ1) is 20.7. The van der Waals surface area contributed by atoms with E-state index < -0.39 is 0 Å². The molecular formula is C20H22Cl4O. The third-order valence-corrected chi connectivity index (χ3v) is 5.62. The molecule has 0 radical (unpaired) electrons. The van der Waals surface area contributed by atoms with Crippen LogP contribution in [0.25, 0.3) is 0 Å². The predicted molar refractivity (Wildman–Crippen MR) is 110 cm³/mol. The van der Waals surface area contributed by atoms with Crippen molar-refractivity contribution < 1.29 is 4.74 Å². The van der Waals surface area contributed by atoms with E-state index in [0.717, 1.165) is 49.7 Å². The number of unbranched alkanes of at least 4 members (excludes halogenated alkanes) is 2. The molecule has 136 valence electrons. The molecular weight excluding hydrogens is 398 g/mol. The van der Waals surface area contributed by atoms with Crippen LogP contribution in [0.3, 0.4) is 0 Å². The van der Waals surface area contributed by atoms with Crippen molar-refractivity contribution >= 4 is 46.4 Å². The zero-order chi connectivity index (χ0) is 18.4. The lowest BCUT2D eigenvalue weighted by Crippen LogP contribution is -1.95. The third kappa shape index (κ3) is 5.20. The van der Waals surface area contributed by atoms with Crippen molar-refractivity contribution in [3.05, 3.63) is 55.5 Å². The molecule has 2 aromatic carbocycles. The molecule has 0 amide bonds. The maximum atomic E-state index is 6.53. The quantitative estimate of drug-likeness (QED) is 0.415. The molecule has 2 rings (SSSR count). The van der Waals surface area contributed by atoms with Gasteiger partial charge in [-0.3, -0.25) is 0 Å². The number of benzene rings is 2. The van der Waals surface area contributed by atoms with E-state index in [-0.39, 0.29) is 0 Å². The monoisotopic (exact) mass is 418 g/mol. The van der Waals surface area contributed by atoms with Gasteiger partial charge in [0.15, 0.2) is 0 Å². The maximum Gasteiger partial charge on any atom is 0.146 e. The van der Waals surface area contributed by atoms with Gasteiger partial charge >= 0.3 is 0 Å². The van der Waals surface area contributed by atoms with Gasteiger partial charge in [0.05, 0.1) is 10.0 Å².